The van der Waals surface area contributed by atoms with Crippen LogP contribution in [0.15, 0.2) is 46.2 Å². The van der Waals surface area contributed by atoms with Crippen molar-refractivity contribution in [2.45, 2.75) is 23.6 Å². The molecule has 94 valence electrons. The zero-order valence-corrected chi connectivity index (χ0v) is 10.9. The van der Waals surface area contributed by atoms with Crippen LogP contribution in [-0.2, 0) is 11.2 Å². The molecule has 0 aliphatic rings. The molecule has 4 heteroatoms. The van der Waals surface area contributed by atoms with Gasteiger partial charge in [0.15, 0.2) is 9.79 Å². The summed E-state index contributed by atoms with van der Waals surface area (Å²) in [5.41, 5.74) is 1.24. The van der Waals surface area contributed by atoms with Crippen LogP contribution >= 0.6 is 0 Å². The number of aryl methyl sites for hydroxylation is 2. The fourth-order valence-corrected chi connectivity index (χ4v) is 3.08. The Kier molecular flexibility index (Phi) is 3.68. The number of benzene rings is 2. The normalized spacial score (nSPS) is 11.0. The second-order valence-corrected chi connectivity index (χ2v) is 5.51. The van der Waals surface area contributed by atoms with Crippen LogP contribution in [0.1, 0.15) is 11.1 Å². The summed E-state index contributed by atoms with van der Waals surface area (Å²) in [5.74, 6) is -0.715. The monoisotopic (exact) mass is 266 g/mol. The van der Waals surface area contributed by atoms with E-state index in [0.717, 1.165) is 0 Å². The maximum atomic E-state index is 13.0. The molecule has 0 spiro atoms. The Hall–Kier alpha value is -1.39. The number of hydrogen-bond acceptors (Lipinski definition) is 1. The molecule has 0 aliphatic carbocycles. The third-order valence-corrected chi connectivity index (χ3v) is 4.39. The molecule has 1 nitrogen and oxygen atoms in total. The third kappa shape index (κ3) is 2.54. The topological polar surface area (TPSA) is 23.1 Å². The molecule has 2 rings (SSSR count). The Morgan fingerprint density at radius 3 is 1.56 bits per heavy atom. The molecular weight excluding hydrogens is 254 g/mol. The summed E-state index contributed by atoms with van der Waals surface area (Å²) in [5, 5.41) is 0. The van der Waals surface area contributed by atoms with Crippen molar-refractivity contribution in [3.63, 3.8) is 0 Å². The van der Waals surface area contributed by atoms with E-state index < -0.39 is 11.2 Å². The van der Waals surface area contributed by atoms with Crippen LogP contribution in [0, 0.1) is 25.5 Å². The maximum Gasteiger partial charge on any atom is 0.161 e. The average Bonchev–Trinajstić information content (AvgIpc) is 2.28. The second-order valence-electron chi connectivity index (χ2n) is 4.09. The van der Waals surface area contributed by atoms with Crippen LogP contribution in [0.25, 0.3) is 0 Å². The molecule has 0 radical (unpaired) electrons. The van der Waals surface area contributed by atoms with Crippen molar-refractivity contribution in [3.05, 3.63) is 59.2 Å². The van der Waals surface area contributed by atoms with Gasteiger partial charge >= 0.3 is 0 Å². The Morgan fingerprint density at radius 1 is 0.833 bits per heavy atom. The van der Waals surface area contributed by atoms with E-state index in [1.165, 1.54) is 36.4 Å². The molecule has 0 aliphatic heterocycles. The van der Waals surface area contributed by atoms with Gasteiger partial charge in [-0.1, -0.05) is 0 Å². The fourth-order valence-electron chi connectivity index (χ4n) is 1.76. The second kappa shape index (κ2) is 5.08. The van der Waals surface area contributed by atoms with Gasteiger partial charge in [0.1, 0.15) is 11.6 Å². The molecule has 2 aromatic carbocycles. The highest BCUT2D eigenvalue weighted by Gasteiger charge is 2.20. The van der Waals surface area contributed by atoms with Crippen molar-refractivity contribution in [1.82, 2.24) is 0 Å². The number of rotatable bonds is 2. The summed E-state index contributed by atoms with van der Waals surface area (Å²) in [6.45, 7) is 3.41. The first-order valence-corrected chi connectivity index (χ1v) is 6.58. The minimum absolute atomic E-state index is 0.357. The van der Waals surface area contributed by atoms with E-state index in [-0.39, 0.29) is 11.6 Å². The first-order valence-electron chi connectivity index (χ1n) is 5.43. The molecule has 0 amide bonds. The van der Waals surface area contributed by atoms with Gasteiger partial charge in [-0.2, -0.15) is 0 Å². The van der Waals surface area contributed by atoms with Crippen LogP contribution in [0.4, 0.5) is 8.78 Å². The van der Waals surface area contributed by atoms with E-state index in [0.29, 0.717) is 20.9 Å². The van der Waals surface area contributed by atoms with Crippen LogP contribution in [0.2, 0.25) is 0 Å². The number of halogens is 2. The van der Waals surface area contributed by atoms with Crippen LogP contribution in [0.3, 0.4) is 0 Å². The van der Waals surface area contributed by atoms with Gasteiger partial charge in [0.25, 0.3) is 0 Å². The van der Waals surface area contributed by atoms with Gasteiger partial charge in [-0.05, 0) is 50.2 Å². The quantitative estimate of drug-likeness (QED) is 0.759. The van der Waals surface area contributed by atoms with Crippen molar-refractivity contribution in [2.24, 2.45) is 0 Å². The van der Waals surface area contributed by atoms with Gasteiger partial charge in [0.05, 0.1) is 0 Å². The predicted molar refractivity (Wildman–Crippen MR) is 66.9 cm³/mol. The Balaban J connectivity index is 2.44. The minimum atomic E-state index is -1.42. The highest BCUT2D eigenvalue weighted by Crippen LogP contribution is 2.27. The van der Waals surface area contributed by atoms with Crippen LogP contribution < -0.4 is 0 Å². The molecule has 2 aromatic rings. The lowest BCUT2D eigenvalue weighted by molar-refractivity contribution is 0.590. The summed E-state index contributed by atoms with van der Waals surface area (Å²) in [4.78, 5) is 1.09. The highest BCUT2D eigenvalue weighted by atomic mass is 32.2. The lowest BCUT2D eigenvalue weighted by Gasteiger charge is -2.14. The van der Waals surface area contributed by atoms with Gasteiger partial charge in [0.2, 0.25) is 0 Å². The third-order valence-electron chi connectivity index (χ3n) is 2.67. The first kappa shape index (κ1) is 13.1. The SMILES string of the molecule is Cc1cc(F)ccc1[S+]([O-])c1ccc(F)cc1C. The predicted octanol–water partition coefficient (Wildman–Crippen LogP) is 3.75. The Labute approximate surface area is 108 Å². The van der Waals surface area contributed by atoms with Gasteiger partial charge in [0, 0.05) is 22.3 Å². The molecule has 0 saturated carbocycles. The zero-order chi connectivity index (χ0) is 13.3. The largest absolute Gasteiger partial charge is 0.606 e. The summed E-state index contributed by atoms with van der Waals surface area (Å²) < 4.78 is 38.4. The molecule has 0 heterocycles. The van der Waals surface area contributed by atoms with E-state index >= 15 is 0 Å². The van der Waals surface area contributed by atoms with Gasteiger partial charge in [-0.3, -0.25) is 0 Å². The van der Waals surface area contributed by atoms with E-state index in [1.54, 1.807) is 13.8 Å². The standard InChI is InChI=1S/C14H12F2OS/c1-9-7-11(15)3-5-13(9)18(17)14-6-4-12(16)8-10(14)2/h3-8H,1-2H3. The summed E-state index contributed by atoms with van der Waals surface area (Å²) in [7, 11) is 0. The fraction of sp³-hybridized carbons (Fsp3) is 0.143. The first-order chi connectivity index (χ1) is 8.49. The van der Waals surface area contributed by atoms with Gasteiger partial charge < -0.3 is 4.55 Å². The number of hydrogen-bond donors (Lipinski definition) is 0. The average molecular weight is 266 g/mol. The highest BCUT2D eigenvalue weighted by molar-refractivity contribution is 7.91. The Morgan fingerprint density at radius 2 is 1.22 bits per heavy atom. The maximum absolute atomic E-state index is 13.0. The molecule has 0 atom stereocenters. The van der Waals surface area contributed by atoms with Crippen molar-refractivity contribution < 1.29 is 13.3 Å². The molecular formula is C14H12F2OS. The molecule has 0 bridgehead atoms. The van der Waals surface area contributed by atoms with Crippen molar-refractivity contribution in [1.29, 1.82) is 0 Å². The molecule has 18 heavy (non-hydrogen) atoms. The molecule has 0 saturated heterocycles. The van der Waals surface area contributed by atoms with E-state index in [4.69, 9.17) is 0 Å². The molecule has 0 aromatic heterocycles. The lowest BCUT2D eigenvalue weighted by atomic mass is 10.2. The zero-order valence-electron chi connectivity index (χ0n) is 10.0. The van der Waals surface area contributed by atoms with Crippen LogP contribution in [-0.4, -0.2) is 4.55 Å². The van der Waals surface area contributed by atoms with Gasteiger partial charge in [-0.15, -0.1) is 0 Å². The Bertz CT molecular complexity index is 533. The van der Waals surface area contributed by atoms with Crippen molar-refractivity contribution in [2.75, 3.05) is 0 Å². The van der Waals surface area contributed by atoms with E-state index in [9.17, 15) is 13.3 Å². The minimum Gasteiger partial charge on any atom is -0.606 e. The van der Waals surface area contributed by atoms with Crippen molar-refractivity contribution in [3.8, 4) is 0 Å². The summed E-state index contributed by atoms with van der Waals surface area (Å²) in [6.07, 6.45) is 0. The lowest BCUT2D eigenvalue weighted by Crippen LogP contribution is -2.06. The molecule has 0 N–H and O–H groups in total. The molecule has 0 unspecified atom stereocenters. The van der Waals surface area contributed by atoms with Gasteiger partial charge in [-0.25, -0.2) is 8.78 Å². The van der Waals surface area contributed by atoms with Crippen molar-refractivity contribution >= 4 is 11.2 Å². The summed E-state index contributed by atoms with van der Waals surface area (Å²) >= 11 is -1.42. The van der Waals surface area contributed by atoms with Crippen LogP contribution in [0.5, 0.6) is 0 Å². The smallest absolute Gasteiger partial charge is 0.161 e. The van der Waals surface area contributed by atoms with E-state index in [1.807, 2.05) is 0 Å². The van der Waals surface area contributed by atoms with E-state index in [2.05, 4.69) is 0 Å². The molecule has 0 fully saturated rings. The summed E-state index contributed by atoms with van der Waals surface area (Å²) in [6, 6.07) is 8.24.